The van der Waals surface area contributed by atoms with Crippen LogP contribution in [0.2, 0.25) is 0 Å². The Kier molecular flexibility index (Phi) is 3.87. The Morgan fingerprint density at radius 1 is 1.50 bits per heavy atom. The summed E-state index contributed by atoms with van der Waals surface area (Å²) >= 11 is 0. The molecule has 9 heteroatoms. The van der Waals surface area contributed by atoms with E-state index in [1.54, 1.807) is 0 Å². The molecule has 0 bridgehead atoms. The summed E-state index contributed by atoms with van der Waals surface area (Å²) in [5.74, 6) is 0.0958. The van der Waals surface area contributed by atoms with Crippen LogP contribution < -0.4 is 5.73 Å². The van der Waals surface area contributed by atoms with Crippen LogP contribution in [-0.4, -0.2) is 21.2 Å². The number of primary amides is 1. The van der Waals surface area contributed by atoms with Gasteiger partial charge in [0.1, 0.15) is 5.69 Å². The molecule has 0 fully saturated rings. The maximum atomic E-state index is 12.5. The van der Waals surface area contributed by atoms with E-state index in [2.05, 4.69) is 19.9 Å². The number of carbonyl (C=O) groups is 1. The first-order valence-corrected chi connectivity index (χ1v) is 5.51. The first-order valence-electron chi connectivity index (χ1n) is 5.51. The van der Waals surface area contributed by atoms with E-state index in [0.717, 1.165) is 6.07 Å². The van der Waals surface area contributed by atoms with Crippen molar-refractivity contribution in [3.8, 4) is 11.4 Å². The molecule has 20 heavy (non-hydrogen) atoms. The summed E-state index contributed by atoms with van der Waals surface area (Å²) in [6.07, 6.45) is -3.29. The first kappa shape index (κ1) is 13.8. The molecule has 0 aliphatic heterocycles. The highest BCUT2D eigenvalue weighted by Crippen LogP contribution is 2.23. The van der Waals surface area contributed by atoms with Crippen molar-refractivity contribution in [3.05, 3.63) is 29.9 Å². The average Bonchev–Trinajstić information content (AvgIpc) is 2.87. The Labute approximate surface area is 111 Å². The number of hydrogen-bond donors (Lipinski definition) is 1. The molecule has 2 heterocycles. The van der Waals surface area contributed by atoms with Crippen molar-refractivity contribution in [2.75, 3.05) is 0 Å². The van der Waals surface area contributed by atoms with E-state index in [9.17, 15) is 13.6 Å². The SMILES string of the molecule is C[C@H](OC(N)=O)c1nc(-c2ccnc(C(F)F)c2)no1. The Morgan fingerprint density at radius 2 is 2.25 bits per heavy atom. The zero-order valence-electron chi connectivity index (χ0n) is 10.3. The second-order valence-corrected chi connectivity index (χ2v) is 3.81. The highest BCUT2D eigenvalue weighted by molar-refractivity contribution is 5.64. The van der Waals surface area contributed by atoms with Gasteiger partial charge in [-0.05, 0) is 19.1 Å². The molecule has 0 aliphatic carbocycles. The number of aromatic nitrogens is 3. The minimum atomic E-state index is -2.70. The first-order chi connectivity index (χ1) is 9.47. The average molecular weight is 284 g/mol. The zero-order chi connectivity index (χ0) is 14.7. The van der Waals surface area contributed by atoms with Crippen molar-refractivity contribution in [1.29, 1.82) is 0 Å². The van der Waals surface area contributed by atoms with Gasteiger partial charge in [-0.2, -0.15) is 4.98 Å². The smallest absolute Gasteiger partial charge is 0.405 e. The largest absolute Gasteiger partial charge is 0.437 e. The van der Waals surface area contributed by atoms with E-state index in [1.165, 1.54) is 19.2 Å². The molecule has 0 saturated heterocycles. The second kappa shape index (κ2) is 5.59. The van der Waals surface area contributed by atoms with Crippen LogP contribution >= 0.6 is 0 Å². The number of amides is 1. The molecule has 0 saturated carbocycles. The Morgan fingerprint density at radius 3 is 2.90 bits per heavy atom. The van der Waals surface area contributed by atoms with E-state index in [4.69, 9.17) is 10.3 Å². The highest BCUT2D eigenvalue weighted by Gasteiger charge is 2.19. The molecule has 106 valence electrons. The van der Waals surface area contributed by atoms with Gasteiger partial charge in [0.25, 0.3) is 12.3 Å². The van der Waals surface area contributed by atoms with Crippen molar-refractivity contribution in [1.82, 2.24) is 15.1 Å². The third kappa shape index (κ3) is 3.05. The molecule has 0 spiro atoms. The fraction of sp³-hybridized carbons (Fsp3) is 0.273. The lowest BCUT2D eigenvalue weighted by atomic mass is 10.2. The molecular weight excluding hydrogens is 274 g/mol. The number of alkyl halides is 2. The number of halogens is 2. The van der Waals surface area contributed by atoms with Crippen molar-refractivity contribution < 1.29 is 22.8 Å². The van der Waals surface area contributed by atoms with Gasteiger partial charge < -0.3 is 15.0 Å². The summed E-state index contributed by atoms with van der Waals surface area (Å²) < 4.78 is 34.6. The summed E-state index contributed by atoms with van der Waals surface area (Å²) in [6, 6.07) is 2.61. The topological polar surface area (TPSA) is 104 Å². The lowest BCUT2D eigenvalue weighted by Gasteiger charge is -2.04. The van der Waals surface area contributed by atoms with E-state index in [-0.39, 0.29) is 11.7 Å². The number of carbonyl (C=O) groups excluding carboxylic acids is 1. The summed E-state index contributed by atoms with van der Waals surface area (Å²) in [5.41, 5.74) is 4.78. The molecule has 7 nitrogen and oxygen atoms in total. The van der Waals surface area contributed by atoms with Crippen molar-refractivity contribution in [2.24, 2.45) is 5.73 Å². The maximum absolute atomic E-state index is 12.5. The zero-order valence-corrected chi connectivity index (χ0v) is 10.3. The van der Waals surface area contributed by atoms with Crippen LogP contribution in [0.5, 0.6) is 0 Å². The van der Waals surface area contributed by atoms with Gasteiger partial charge in [0.15, 0.2) is 6.10 Å². The fourth-order valence-electron chi connectivity index (χ4n) is 1.45. The molecule has 0 radical (unpaired) electrons. The van der Waals surface area contributed by atoms with Crippen LogP contribution in [0.15, 0.2) is 22.9 Å². The number of nitrogens with two attached hydrogens (primary N) is 1. The van der Waals surface area contributed by atoms with E-state index < -0.39 is 24.3 Å². The lowest BCUT2D eigenvalue weighted by molar-refractivity contribution is 0.0959. The minimum absolute atomic E-state index is 0.00853. The van der Waals surface area contributed by atoms with Gasteiger partial charge in [-0.1, -0.05) is 5.16 Å². The van der Waals surface area contributed by atoms with Gasteiger partial charge in [0, 0.05) is 11.8 Å². The lowest BCUT2D eigenvalue weighted by Crippen LogP contribution is -2.15. The van der Waals surface area contributed by atoms with E-state index in [0.29, 0.717) is 5.56 Å². The molecule has 1 atom stereocenters. The van der Waals surface area contributed by atoms with Gasteiger partial charge in [0.2, 0.25) is 5.82 Å². The molecule has 2 rings (SSSR count). The number of pyridine rings is 1. The quantitative estimate of drug-likeness (QED) is 0.923. The molecule has 0 aromatic carbocycles. The monoisotopic (exact) mass is 284 g/mol. The Bertz CT molecular complexity index is 617. The summed E-state index contributed by atoms with van der Waals surface area (Å²) in [6.45, 7) is 1.49. The normalized spacial score (nSPS) is 12.4. The van der Waals surface area contributed by atoms with Gasteiger partial charge in [-0.15, -0.1) is 0 Å². The van der Waals surface area contributed by atoms with Crippen molar-refractivity contribution in [3.63, 3.8) is 0 Å². The van der Waals surface area contributed by atoms with Crippen molar-refractivity contribution in [2.45, 2.75) is 19.5 Å². The van der Waals surface area contributed by atoms with Gasteiger partial charge >= 0.3 is 6.09 Å². The number of nitrogens with zero attached hydrogens (tertiary/aromatic N) is 3. The van der Waals surface area contributed by atoms with Crippen LogP contribution in [0, 0.1) is 0 Å². The standard InChI is InChI=1S/C11H10F2N4O3/c1-5(19-11(14)18)10-16-9(17-20-10)6-2-3-15-7(4-6)8(12)13/h2-5,8H,1H3,(H2,14,18)/t5-/m0/s1. The number of rotatable bonds is 4. The molecule has 0 aliphatic rings. The third-order valence-corrected chi connectivity index (χ3v) is 2.35. The van der Waals surface area contributed by atoms with Gasteiger partial charge in [0.05, 0.1) is 0 Å². The molecule has 0 unspecified atom stereocenters. The van der Waals surface area contributed by atoms with Crippen LogP contribution in [0.4, 0.5) is 13.6 Å². The van der Waals surface area contributed by atoms with E-state index >= 15 is 0 Å². The predicted molar refractivity (Wildman–Crippen MR) is 61.6 cm³/mol. The fourth-order valence-corrected chi connectivity index (χ4v) is 1.45. The number of ether oxygens (including phenoxy) is 1. The molecule has 2 aromatic rings. The van der Waals surface area contributed by atoms with Gasteiger partial charge in [-0.3, -0.25) is 4.98 Å². The second-order valence-electron chi connectivity index (χ2n) is 3.81. The van der Waals surface area contributed by atoms with E-state index in [1.807, 2.05) is 0 Å². The van der Waals surface area contributed by atoms with Crippen LogP contribution in [0.3, 0.4) is 0 Å². The van der Waals surface area contributed by atoms with Crippen LogP contribution in [0.25, 0.3) is 11.4 Å². The molecule has 2 aromatic heterocycles. The number of hydrogen-bond acceptors (Lipinski definition) is 6. The molecular formula is C11H10F2N4O3. The summed E-state index contributed by atoms with van der Waals surface area (Å²) in [4.78, 5) is 18.1. The summed E-state index contributed by atoms with van der Waals surface area (Å²) in [7, 11) is 0. The van der Waals surface area contributed by atoms with Gasteiger partial charge in [-0.25, -0.2) is 13.6 Å². The summed E-state index contributed by atoms with van der Waals surface area (Å²) in [5, 5.41) is 3.62. The van der Waals surface area contributed by atoms with Crippen LogP contribution in [0.1, 0.15) is 31.0 Å². The molecule has 2 N–H and O–H groups in total. The predicted octanol–water partition coefficient (Wildman–Crippen LogP) is 2.23. The van der Waals surface area contributed by atoms with Crippen molar-refractivity contribution >= 4 is 6.09 Å². The highest BCUT2D eigenvalue weighted by atomic mass is 19.3. The Balaban J connectivity index is 2.24. The minimum Gasteiger partial charge on any atom is -0.437 e. The Hall–Kier alpha value is -2.58. The third-order valence-electron chi connectivity index (χ3n) is 2.35. The maximum Gasteiger partial charge on any atom is 0.405 e. The van der Waals surface area contributed by atoms with Crippen LogP contribution in [-0.2, 0) is 4.74 Å². The molecule has 1 amide bonds.